The molecule has 64 heavy (non-hydrogen) atoms. The summed E-state index contributed by atoms with van der Waals surface area (Å²) in [5.74, 6) is 0.690. The number of nitrogens with zero attached hydrogens (tertiary/aromatic N) is 3. The van der Waals surface area contributed by atoms with Gasteiger partial charge in [0.05, 0.1) is 22.4 Å². The minimum Gasteiger partial charge on any atom is -0.309 e. The van der Waals surface area contributed by atoms with Crippen LogP contribution in [0.3, 0.4) is 0 Å². The zero-order valence-electron chi connectivity index (χ0n) is 35.7. The molecule has 3 heteroatoms. The third-order valence-electron chi connectivity index (χ3n) is 13.2. The molecule has 0 amide bonds. The summed E-state index contributed by atoms with van der Waals surface area (Å²) in [5, 5.41) is 2.37. The molecule has 0 fully saturated rings. The van der Waals surface area contributed by atoms with Gasteiger partial charge >= 0.3 is 0 Å². The van der Waals surface area contributed by atoms with E-state index in [0.29, 0.717) is 5.82 Å². The van der Waals surface area contributed by atoms with Crippen LogP contribution in [0.1, 0.15) is 25.0 Å². The van der Waals surface area contributed by atoms with Gasteiger partial charge in [-0.1, -0.05) is 172 Å². The minimum atomic E-state index is -0.106. The highest BCUT2D eigenvalue weighted by Crippen LogP contribution is 2.50. The van der Waals surface area contributed by atoms with Crippen LogP contribution in [0.5, 0.6) is 0 Å². The molecule has 0 spiro atoms. The number of benzene rings is 9. The highest BCUT2D eigenvalue weighted by atomic mass is 15.0. The summed E-state index contributed by atoms with van der Waals surface area (Å²) in [6, 6.07) is 80.9. The molecule has 0 unspecified atom stereocenters. The maximum atomic E-state index is 5.36. The van der Waals surface area contributed by atoms with Gasteiger partial charge in [-0.3, -0.25) is 0 Å². The van der Waals surface area contributed by atoms with E-state index < -0.39 is 0 Å². The summed E-state index contributed by atoms with van der Waals surface area (Å²) in [6.07, 6.45) is 0. The topological polar surface area (TPSA) is 30.7 Å². The van der Waals surface area contributed by atoms with Crippen LogP contribution in [0, 0.1) is 0 Å². The average Bonchev–Trinajstić information content (AvgIpc) is 3.81. The molecule has 0 radical (unpaired) electrons. The molecule has 9 aromatic carbocycles. The predicted octanol–water partition coefficient (Wildman–Crippen LogP) is 15.9. The maximum Gasteiger partial charge on any atom is 0.160 e. The van der Waals surface area contributed by atoms with E-state index in [1.807, 2.05) is 6.07 Å². The lowest BCUT2D eigenvalue weighted by Crippen LogP contribution is -2.14. The van der Waals surface area contributed by atoms with Crippen LogP contribution < -0.4 is 0 Å². The fraction of sp³-hybridized carbons (Fsp3) is 0.0492. The summed E-state index contributed by atoms with van der Waals surface area (Å²) in [4.78, 5) is 10.7. The van der Waals surface area contributed by atoms with Gasteiger partial charge in [0.15, 0.2) is 5.82 Å². The van der Waals surface area contributed by atoms with E-state index in [-0.39, 0.29) is 5.41 Å². The quantitative estimate of drug-likeness (QED) is 0.160. The van der Waals surface area contributed by atoms with E-state index >= 15 is 0 Å². The van der Waals surface area contributed by atoms with Crippen LogP contribution in [0.4, 0.5) is 0 Å². The Bertz CT molecular complexity index is 3550. The van der Waals surface area contributed by atoms with E-state index in [1.165, 1.54) is 49.7 Å². The maximum absolute atomic E-state index is 5.36. The Morgan fingerprint density at radius 1 is 0.328 bits per heavy atom. The Morgan fingerprint density at radius 2 is 0.797 bits per heavy atom. The highest BCUT2D eigenvalue weighted by Gasteiger charge is 2.35. The van der Waals surface area contributed by atoms with Gasteiger partial charge in [-0.15, -0.1) is 0 Å². The van der Waals surface area contributed by atoms with Crippen LogP contribution in [0.25, 0.3) is 106 Å². The molecule has 1 aliphatic rings. The van der Waals surface area contributed by atoms with E-state index in [9.17, 15) is 0 Å². The van der Waals surface area contributed by atoms with Gasteiger partial charge < -0.3 is 4.57 Å². The van der Waals surface area contributed by atoms with Crippen molar-refractivity contribution in [2.24, 2.45) is 0 Å². The molecular weight excluding hydrogens is 775 g/mol. The number of fused-ring (bicyclic) bond motifs is 6. The van der Waals surface area contributed by atoms with Crippen molar-refractivity contribution in [1.82, 2.24) is 14.5 Å². The molecule has 2 heterocycles. The fourth-order valence-electron chi connectivity index (χ4n) is 9.93. The van der Waals surface area contributed by atoms with Crippen molar-refractivity contribution in [1.29, 1.82) is 0 Å². The zero-order chi connectivity index (χ0) is 42.8. The van der Waals surface area contributed by atoms with Gasteiger partial charge in [-0.25, -0.2) is 9.97 Å². The van der Waals surface area contributed by atoms with E-state index in [4.69, 9.17) is 9.97 Å². The Morgan fingerprint density at radius 3 is 1.47 bits per heavy atom. The molecule has 0 atom stereocenters. The van der Waals surface area contributed by atoms with Crippen LogP contribution in [-0.2, 0) is 5.41 Å². The molecule has 11 aromatic rings. The Labute approximate surface area is 373 Å². The smallest absolute Gasteiger partial charge is 0.160 e. The monoisotopic (exact) mass is 817 g/mol. The van der Waals surface area contributed by atoms with Crippen molar-refractivity contribution in [2.75, 3.05) is 0 Å². The van der Waals surface area contributed by atoms with Crippen LogP contribution in [0.2, 0.25) is 0 Å². The van der Waals surface area contributed by atoms with E-state index in [1.54, 1.807) is 0 Å². The molecule has 0 aliphatic heterocycles. The molecular formula is C61H43N3. The fourth-order valence-corrected chi connectivity index (χ4v) is 9.93. The van der Waals surface area contributed by atoms with Crippen LogP contribution in [0.15, 0.2) is 224 Å². The number of hydrogen-bond acceptors (Lipinski definition) is 2. The van der Waals surface area contributed by atoms with E-state index in [2.05, 4.69) is 237 Å². The second-order valence-corrected chi connectivity index (χ2v) is 17.4. The number of aromatic nitrogens is 3. The van der Waals surface area contributed by atoms with Crippen LogP contribution >= 0.6 is 0 Å². The van der Waals surface area contributed by atoms with Gasteiger partial charge in [0.1, 0.15) is 0 Å². The first-order valence-corrected chi connectivity index (χ1v) is 22.1. The molecule has 12 rings (SSSR count). The Balaban J connectivity index is 1.06. The predicted molar refractivity (Wildman–Crippen MR) is 267 cm³/mol. The summed E-state index contributed by atoms with van der Waals surface area (Å²) in [7, 11) is 0. The van der Waals surface area contributed by atoms with Crippen molar-refractivity contribution in [2.45, 2.75) is 19.3 Å². The highest BCUT2D eigenvalue weighted by molar-refractivity contribution is 6.11. The molecule has 0 saturated heterocycles. The van der Waals surface area contributed by atoms with Gasteiger partial charge in [0.25, 0.3) is 0 Å². The van der Waals surface area contributed by atoms with Gasteiger partial charge in [0, 0.05) is 38.6 Å². The molecule has 0 saturated carbocycles. The van der Waals surface area contributed by atoms with Crippen molar-refractivity contribution < 1.29 is 0 Å². The standard InChI is InChI=1S/C61H43N3/c1-61(2)54-26-16-15-25-50(54)51-30-27-44(38-55(51)61)47-33-46(41-19-9-4-10-20-41)34-48(35-47)57-39-56(62-60(63-57)42-21-11-5-12-22-42)45-29-32-59-53(37-45)52-36-43(40-17-7-3-8-18-40)28-31-58(52)64(59)49-23-13-6-14-24-49/h3-39H,1-2H3. The Hall–Kier alpha value is -8.14. The SMILES string of the molecule is CC1(C)c2ccccc2-c2ccc(-c3cc(-c4ccccc4)cc(-c4cc(-c5ccc6c(c5)c5cc(-c7ccccc7)ccc5n6-c5ccccc5)nc(-c5ccccc5)n4)c3)cc21. The summed E-state index contributed by atoms with van der Waals surface area (Å²) < 4.78 is 2.37. The van der Waals surface area contributed by atoms with Crippen molar-refractivity contribution in [3.8, 4) is 84.1 Å². The first-order valence-electron chi connectivity index (χ1n) is 22.1. The minimum absolute atomic E-state index is 0.106. The van der Waals surface area contributed by atoms with Crippen molar-refractivity contribution in [3.63, 3.8) is 0 Å². The third-order valence-corrected chi connectivity index (χ3v) is 13.2. The lowest BCUT2D eigenvalue weighted by molar-refractivity contribution is 0.660. The average molecular weight is 818 g/mol. The largest absolute Gasteiger partial charge is 0.309 e. The second kappa shape index (κ2) is 15.0. The molecule has 302 valence electrons. The first-order chi connectivity index (χ1) is 31.5. The number of hydrogen-bond donors (Lipinski definition) is 0. The van der Waals surface area contributed by atoms with Gasteiger partial charge in [0.2, 0.25) is 0 Å². The molecule has 3 nitrogen and oxygen atoms in total. The van der Waals surface area contributed by atoms with Crippen LogP contribution in [-0.4, -0.2) is 14.5 Å². The van der Waals surface area contributed by atoms with Gasteiger partial charge in [-0.05, 0) is 122 Å². The zero-order valence-corrected chi connectivity index (χ0v) is 35.7. The lowest BCUT2D eigenvalue weighted by atomic mass is 9.81. The lowest BCUT2D eigenvalue weighted by Gasteiger charge is -2.22. The molecule has 0 N–H and O–H groups in total. The van der Waals surface area contributed by atoms with Crippen molar-refractivity contribution >= 4 is 21.8 Å². The normalized spacial score (nSPS) is 12.7. The molecule has 0 bridgehead atoms. The first kappa shape index (κ1) is 37.6. The summed E-state index contributed by atoms with van der Waals surface area (Å²) >= 11 is 0. The third kappa shape index (κ3) is 6.36. The number of rotatable bonds is 7. The Kier molecular flexibility index (Phi) is 8.84. The summed E-state index contributed by atoms with van der Waals surface area (Å²) in [5.41, 5.74) is 20.5. The van der Waals surface area contributed by atoms with Gasteiger partial charge in [-0.2, -0.15) is 0 Å². The molecule has 2 aromatic heterocycles. The number of para-hydroxylation sites is 1. The van der Waals surface area contributed by atoms with E-state index in [0.717, 1.165) is 61.5 Å². The second-order valence-electron chi connectivity index (χ2n) is 17.4. The van der Waals surface area contributed by atoms with Crippen molar-refractivity contribution in [3.05, 3.63) is 236 Å². The summed E-state index contributed by atoms with van der Waals surface area (Å²) in [6.45, 7) is 4.69. The molecule has 1 aliphatic carbocycles.